The molecule has 5 heavy (non-hydrogen) atoms. The summed E-state index contributed by atoms with van der Waals surface area (Å²) in [5.41, 5.74) is 0. The van der Waals surface area contributed by atoms with E-state index in [9.17, 15) is 0 Å². The van der Waals surface area contributed by atoms with Gasteiger partial charge in [0.25, 0.3) is 0 Å². The third-order valence-corrected chi connectivity index (χ3v) is 0. The van der Waals surface area contributed by atoms with Crippen LogP contribution in [0.4, 0.5) is 0 Å². The van der Waals surface area contributed by atoms with E-state index in [1.54, 1.807) is 0 Å². The molecule has 0 aromatic heterocycles. The average molecular weight is 157 g/mol. The molecule has 0 saturated carbocycles. The molecule has 0 aliphatic heterocycles. The second-order valence-electron chi connectivity index (χ2n) is 0.0583. The summed E-state index contributed by atoms with van der Waals surface area (Å²) >= 11 is 0. The zero-order chi connectivity index (χ0) is 2.71. The van der Waals surface area contributed by atoms with E-state index >= 15 is 0 Å². The summed E-state index contributed by atoms with van der Waals surface area (Å²) in [6.45, 7) is 0. The largest absolute Gasteiger partial charge is 1.00 e. The molecule has 0 aliphatic carbocycles. The molecule has 0 N–H and O–H groups in total. The van der Waals surface area contributed by atoms with Crippen LogP contribution in [0.1, 0.15) is 1.43 Å². The standard InChI is InChI=1S/Al.Cl2S.Na.4H/c;1-3-2;;;;;/q;;+1;;;;-1. The van der Waals surface area contributed by atoms with Crippen LogP contribution in [0, 0.1) is 0 Å². The Morgan fingerprint density at radius 3 is 1.40 bits per heavy atom. The van der Waals surface area contributed by atoms with E-state index in [-0.39, 0.29) is 48.3 Å². The van der Waals surface area contributed by atoms with Gasteiger partial charge in [-0.15, -0.1) is 0 Å². The first-order valence-corrected chi connectivity index (χ1v) is 2.78. The minimum Gasteiger partial charge on any atom is -1.00 e. The maximum Gasteiger partial charge on any atom is 1.00 e. The van der Waals surface area contributed by atoms with Crippen molar-refractivity contribution in [1.82, 2.24) is 0 Å². The van der Waals surface area contributed by atoms with Gasteiger partial charge in [-0.1, -0.05) is 0 Å². The molecule has 0 atom stereocenters. The molecular weight excluding hydrogens is 153 g/mol. The molecule has 0 nitrogen and oxygen atoms in total. The van der Waals surface area contributed by atoms with Crippen molar-refractivity contribution in [2.75, 3.05) is 0 Å². The van der Waals surface area contributed by atoms with Crippen molar-refractivity contribution >= 4 is 48.9 Å². The summed E-state index contributed by atoms with van der Waals surface area (Å²) in [5, 5.41) is 0. The number of rotatable bonds is 0. The van der Waals surface area contributed by atoms with Gasteiger partial charge in [0.1, 0.15) is 0 Å². The van der Waals surface area contributed by atoms with Crippen LogP contribution in [-0.2, 0) is 0 Å². The fourth-order valence-corrected chi connectivity index (χ4v) is 0. The van der Waals surface area contributed by atoms with Crippen LogP contribution in [0.5, 0.6) is 0 Å². The molecule has 0 amide bonds. The Labute approximate surface area is 78.9 Å². The van der Waals surface area contributed by atoms with Gasteiger partial charge >= 0.3 is 29.6 Å². The second kappa shape index (κ2) is 16.1. The smallest absolute Gasteiger partial charge is 1.00 e. The van der Waals surface area contributed by atoms with Crippen molar-refractivity contribution in [3.63, 3.8) is 0 Å². The van der Waals surface area contributed by atoms with Crippen molar-refractivity contribution in [3.8, 4) is 0 Å². The van der Waals surface area contributed by atoms with Gasteiger partial charge in [0.05, 0.1) is 10.2 Å². The first kappa shape index (κ1) is 15.7. The van der Waals surface area contributed by atoms with Crippen molar-refractivity contribution in [1.29, 1.82) is 0 Å². The minimum absolute atomic E-state index is 0. The van der Waals surface area contributed by atoms with Crippen molar-refractivity contribution in [2.45, 2.75) is 0 Å². The van der Waals surface area contributed by atoms with Crippen molar-refractivity contribution in [2.24, 2.45) is 0 Å². The van der Waals surface area contributed by atoms with Gasteiger partial charge in [0, 0.05) is 0 Å². The molecule has 0 fully saturated rings. The molecule has 0 aromatic rings. The van der Waals surface area contributed by atoms with Crippen molar-refractivity contribution < 1.29 is 31.0 Å². The summed E-state index contributed by atoms with van der Waals surface area (Å²) in [5.74, 6) is 0. The van der Waals surface area contributed by atoms with E-state index in [1.807, 2.05) is 0 Å². The molecule has 0 bridgehead atoms. The van der Waals surface area contributed by atoms with Crippen LogP contribution in [0.25, 0.3) is 0 Å². The molecule has 0 rings (SSSR count). The quantitative estimate of drug-likeness (QED) is 0.365. The van der Waals surface area contributed by atoms with E-state index in [0.717, 1.165) is 0 Å². The molecule has 0 aliphatic rings. The Morgan fingerprint density at radius 1 is 1.40 bits per heavy atom. The van der Waals surface area contributed by atoms with Crippen LogP contribution >= 0.6 is 31.6 Å². The monoisotopic (exact) mass is 156 g/mol. The number of halogens is 2. The summed E-state index contributed by atoms with van der Waals surface area (Å²) in [6.07, 6.45) is 0. The van der Waals surface area contributed by atoms with Crippen LogP contribution < -0.4 is 29.6 Å². The van der Waals surface area contributed by atoms with E-state index in [2.05, 4.69) is 21.4 Å². The normalized spacial score (nSPS) is 3.60. The molecule has 5 heteroatoms. The van der Waals surface area contributed by atoms with E-state index in [4.69, 9.17) is 0 Å². The number of hydrogen-bond acceptors (Lipinski definition) is 1. The second-order valence-corrected chi connectivity index (χ2v) is 1.57. The minimum atomic E-state index is 0. The first-order valence-electron chi connectivity index (χ1n) is 0.309. The van der Waals surface area contributed by atoms with Gasteiger partial charge in [-0.3, -0.25) is 0 Å². The fraction of sp³-hybridized carbons (Fsp3) is 0. The fourth-order valence-electron chi connectivity index (χ4n) is 0. The van der Waals surface area contributed by atoms with Crippen LogP contribution in [0.15, 0.2) is 0 Å². The topological polar surface area (TPSA) is 0 Å². The maximum atomic E-state index is 4.68. The van der Waals surface area contributed by atoms with E-state index in [0.29, 0.717) is 10.2 Å². The van der Waals surface area contributed by atoms with Gasteiger partial charge in [0.2, 0.25) is 0 Å². The third-order valence-electron chi connectivity index (χ3n) is 0. The van der Waals surface area contributed by atoms with Gasteiger partial charge < -0.3 is 1.43 Å². The zero-order valence-electron chi connectivity index (χ0n) is 3.16. The van der Waals surface area contributed by atoms with Crippen LogP contribution in [0.2, 0.25) is 0 Å². The third kappa shape index (κ3) is 21.2. The molecule has 28 valence electrons. The molecule has 0 heterocycles. The summed E-state index contributed by atoms with van der Waals surface area (Å²) in [7, 11) is 10.1. The van der Waals surface area contributed by atoms with Crippen LogP contribution in [-0.4, -0.2) is 17.4 Å². The van der Waals surface area contributed by atoms with Gasteiger partial charge in [0.15, 0.2) is 17.4 Å². The Morgan fingerprint density at radius 2 is 1.40 bits per heavy atom. The summed E-state index contributed by atoms with van der Waals surface area (Å²) in [4.78, 5) is 0. The Hall–Kier alpha value is 2.46. The van der Waals surface area contributed by atoms with Crippen LogP contribution in [0.3, 0.4) is 0 Å². The molecule has 0 unspecified atom stereocenters. The first-order chi connectivity index (χ1) is 1.41. The predicted molar refractivity (Wildman–Crippen MR) is 30.3 cm³/mol. The Bertz CT molecular complexity index is 13.5. The van der Waals surface area contributed by atoms with Gasteiger partial charge in [-0.05, 0) is 21.4 Å². The SMILES string of the molecule is ClSCl.[AlH3].[H-].[Na+]. The molecule has 0 radical (unpaired) electrons. The molecule has 0 spiro atoms. The Kier molecular flexibility index (Phi) is 50.3. The Balaban J connectivity index is -0.00000000667. The van der Waals surface area contributed by atoms with Gasteiger partial charge in [-0.25, -0.2) is 0 Å². The number of hydrogen-bond donors (Lipinski definition) is 0. The molecule has 0 saturated heterocycles. The molecule has 0 aromatic carbocycles. The summed E-state index contributed by atoms with van der Waals surface area (Å²) in [6, 6.07) is 0. The predicted octanol–water partition coefficient (Wildman–Crippen LogP) is -2.04. The molecular formula is H4AlCl2NaS. The average Bonchev–Trinajstić information content (AvgIpc) is 0.918. The summed E-state index contributed by atoms with van der Waals surface area (Å²) < 4.78 is 0. The maximum absolute atomic E-state index is 4.68. The van der Waals surface area contributed by atoms with E-state index in [1.165, 1.54) is 0 Å². The zero-order valence-corrected chi connectivity index (χ0v) is 6.49. The van der Waals surface area contributed by atoms with E-state index < -0.39 is 0 Å². The van der Waals surface area contributed by atoms with Crippen molar-refractivity contribution in [3.05, 3.63) is 0 Å². The van der Waals surface area contributed by atoms with Gasteiger partial charge in [-0.2, -0.15) is 0 Å².